The smallest absolute Gasteiger partial charge is 0.336 e. The number of likely N-dealkylation sites (N-methyl/N-ethyl adjacent to an activating group) is 1. The maximum Gasteiger partial charge on any atom is 0.336 e. The molecule has 0 fully saturated rings. The van der Waals surface area contributed by atoms with E-state index in [1.54, 1.807) is 0 Å². The summed E-state index contributed by atoms with van der Waals surface area (Å²) in [6, 6.07) is 9.37. The summed E-state index contributed by atoms with van der Waals surface area (Å²) in [7, 11) is 1.98. The van der Waals surface area contributed by atoms with Crippen LogP contribution in [0.25, 0.3) is 0 Å². The number of carbonyl (C=O) groups excluding carboxylic acids is 1. The number of terminal acetylenes is 1. The fraction of sp³-hybridized carbons (Fsp3) is 0.312. The predicted octanol–water partition coefficient (Wildman–Crippen LogP) is 2.17. The van der Waals surface area contributed by atoms with Gasteiger partial charge in [0.1, 0.15) is 0 Å². The van der Waals surface area contributed by atoms with Gasteiger partial charge < -0.3 is 9.64 Å². The van der Waals surface area contributed by atoms with Crippen LogP contribution in [0.3, 0.4) is 0 Å². The average Bonchev–Trinajstić information content (AvgIpc) is 2.45. The lowest BCUT2D eigenvalue weighted by Gasteiger charge is -2.22. The first-order chi connectivity index (χ1) is 9.20. The zero-order valence-electron chi connectivity index (χ0n) is 11.0. The molecule has 1 aromatic carbocycles. The number of benzene rings is 1. The first-order valence-electron chi connectivity index (χ1n) is 6.30. The van der Waals surface area contributed by atoms with Crippen molar-refractivity contribution in [1.29, 1.82) is 0 Å². The summed E-state index contributed by atoms with van der Waals surface area (Å²) in [4.78, 5) is 14.2. The predicted molar refractivity (Wildman–Crippen MR) is 74.3 cm³/mol. The highest BCUT2D eigenvalue weighted by Crippen LogP contribution is 2.19. The van der Waals surface area contributed by atoms with E-state index in [1.165, 1.54) is 0 Å². The van der Waals surface area contributed by atoms with Crippen molar-refractivity contribution in [1.82, 2.24) is 4.90 Å². The van der Waals surface area contributed by atoms with E-state index < -0.39 is 6.10 Å². The SMILES string of the molecule is C#CC(OC(=O)C1=CCCN(C)C1)c1ccccc1. The van der Waals surface area contributed by atoms with E-state index in [9.17, 15) is 4.79 Å². The Balaban J connectivity index is 2.05. The van der Waals surface area contributed by atoms with Crippen molar-refractivity contribution >= 4 is 5.97 Å². The van der Waals surface area contributed by atoms with Gasteiger partial charge in [0.15, 0.2) is 6.10 Å². The Morgan fingerprint density at radius 3 is 2.79 bits per heavy atom. The molecule has 1 atom stereocenters. The molecule has 0 radical (unpaired) electrons. The van der Waals surface area contributed by atoms with Crippen molar-refractivity contribution in [2.24, 2.45) is 0 Å². The van der Waals surface area contributed by atoms with Crippen LogP contribution < -0.4 is 0 Å². The minimum absolute atomic E-state index is 0.321. The van der Waals surface area contributed by atoms with Gasteiger partial charge in [0.2, 0.25) is 0 Å². The minimum Gasteiger partial charge on any atom is -0.441 e. The lowest BCUT2D eigenvalue weighted by Crippen LogP contribution is -2.29. The Morgan fingerprint density at radius 1 is 1.42 bits per heavy atom. The van der Waals surface area contributed by atoms with Gasteiger partial charge in [-0.1, -0.05) is 42.3 Å². The van der Waals surface area contributed by atoms with Crippen LogP contribution in [0.15, 0.2) is 42.0 Å². The van der Waals surface area contributed by atoms with Crippen LogP contribution >= 0.6 is 0 Å². The molecule has 1 aliphatic heterocycles. The van der Waals surface area contributed by atoms with Crippen molar-refractivity contribution in [3.8, 4) is 12.3 Å². The second-order valence-electron chi connectivity index (χ2n) is 4.62. The lowest BCUT2D eigenvalue weighted by atomic mass is 10.1. The fourth-order valence-electron chi connectivity index (χ4n) is 2.05. The Morgan fingerprint density at radius 2 is 2.16 bits per heavy atom. The quantitative estimate of drug-likeness (QED) is 0.612. The topological polar surface area (TPSA) is 29.5 Å². The summed E-state index contributed by atoms with van der Waals surface area (Å²) in [6.07, 6.45) is 7.63. The summed E-state index contributed by atoms with van der Waals surface area (Å²) < 4.78 is 5.40. The molecule has 0 saturated carbocycles. The van der Waals surface area contributed by atoms with Gasteiger partial charge in [-0.05, 0) is 13.5 Å². The van der Waals surface area contributed by atoms with Gasteiger partial charge in [-0.25, -0.2) is 4.79 Å². The molecule has 0 saturated heterocycles. The Kier molecular flexibility index (Phi) is 4.38. The first-order valence-corrected chi connectivity index (χ1v) is 6.30. The van der Waals surface area contributed by atoms with Crippen molar-refractivity contribution in [2.45, 2.75) is 12.5 Å². The molecule has 0 spiro atoms. The maximum atomic E-state index is 12.1. The van der Waals surface area contributed by atoms with E-state index in [0.29, 0.717) is 12.1 Å². The molecule has 0 N–H and O–H groups in total. The molecule has 1 heterocycles. The van der Waals surface area contributed by atoms with E-state index in [1.807, 2.05) is 43.5 Å². The molecular weight excluding hydrogens is 238 g/mol. The minimum atomic E-state index is -0.623. The Hall–Kier alpha value is -2.05. The van der Waals surface area contributed by atoms with Crippen LogP contribution in [0.2, 0.25) is 0 Å². The number of nitrogens with zero attached hydrogens (tertiary/aromatic N) is 1. The summed E-state index contributed by atoms with van der Waals surface area (Å²) in [5.41, 5.74) is 1.51. The van der Waals surface area contributed by atoms with E-state index in [0.717, 1.165) is 18.5 Å². The summed E-state index contributed by atoms with van der Waals surface area (Å²) in [6.45, 7) is 1.58. The molecule has 0 bridgehead atoms. The third-order valence-electron chi connectivity index (χ3n) is 3.08. The van der Waals surface area contributed by atoms with E-state index in [-0.39, 0.29) is 5.97 Å². The molecule has 19 heavy (non-hydrogen) atoms. The van der Waals surface area contributed by atoms with Crippen LogP contribution in [0.1, 0.15) is 18.1 Å². The van der Waals surface area contributed by atoms with Crippen molar-refractivity contribution in [2.75, 3.05) is 20.1 Å². The number of rotatable bonds is 3. The normalized spacial score (nSPS) is 17.2. The van der Waals surface area contributed by atoms with Crippen molar-refractivity contribution in [3.05, 3.63) is 47.5 Å². The molecule has 2 rings (SSSR count). The monoisotopic (exact) mass is 255 g/mol. The zero-order chi connectivity index (χ0) is 13.7. The van der Waals surface area contributed by atoms with Crippen LogP contribution in [0, 0.1) is 12.3 Å². The molecule has 0 amide bonds. The third-order valence-corrected chi connectivity index (χ3v) is 3.08. The summed E-state index contributed by atoms with van der Waals surface area (Å²) in [5.74, 6) is 2.19. The van der Waals surface area contributed by atoms with Crippen molar-refractivity contribution < 1.29 is 9.53 Å². The molecule has 98 valence electrons. The molecular formula is C16H17NO2. The third kappa shape index (κ3) is 3.46. The van der Waals surface area contributed by atoms with Crippen molar-refractivity contribution in [3.63, 3.8) is 0 Å². The molecule has 1 aromatic rings. The fourth-order valence-corrected chi connectivity index (χ4v) is 2.05. The number of hydrogen-bond acceptors (Lipinski definition) is 3. The van der Waals surface area contributed by atoms with Crippen LogP contribution in [0.5, 0.6) is 0 Å². The van der Waals surface area contributed by atoms with Gasteiger partial charge in [0, 0.05) is 24.2 Å². The first kappa shape index (κ1) is 13.4. The highest BCUT2D eigenvalue weighted by atomic mass is 16.5. The molecule has 1 aliphatic rings. The number of esters is 1. The molecule has 3 nitrogen and oxygen atoms in total. The van der Waals surface area contributed by atoms with Gasteiger partial charge in [0.05, 0.1) is 0 Å². The highest BCUT2D eigenvalue weighted by molar-refractivity contribution is 5.89. The lowest BCUT2D eigenvalue weighted by molar-refractivity contribution is -0.142. The number of carbonyl (C=O) groups is 1. The zero-order valence-corrected chi connectivity index (χ0v) is 11.0. The largest absolute Gasteiger partial charge is 0.441 e. The molecule has 1 unspecified atom stereocenters. The van der Waals surface area contributed by atoms with Gasteiger partial charge in [-0.15, -0.1) is 6.42 Å². The summed E-state index contributed by atoms with van der Waals surface area (Å²) in [5, 5.41) is 0. The Bertz CT molecular complexity index is 513. The van der Waals surface area contributed by atoms with Gasteiger partial charge >= 0.3 is 5.97 Å². The van der Waals surface area contributed by atoms with Crippen LogP contribution in [-0.2, 0) is 9.53 Å². The second-order valence-corrected chi connectivity index (χ2v) is 4.62. The van der Waals surface area contributed by atoms with E-state index >= 15 is 0 Å². The maximum absolute atomic E-state index is 12.1. The second kappa shape index (κ2) is 6.21. The molecule has 0 aliphatic carbocycles. The van der Waals surface area contributed by atoms with Crippen LogP contribution in [0.4, 0.5) is 0 Å². The standard InChI is InChI=1S/C16H17NO2/c1-3-15(13-8-5-4-6-9-13)19-16(18)14-10-7-11-17(2)12-14/h1,4-6,8-10,15H,7,11-12H2,2H3. The summed E-state index contributed by atoms with van der Waals surface area (Å²) >= 11 is 0. The van der Waals surface area contributed by atoms with Gasteiger partial charge in [0.25, 0.3) is 0 Å². The van der Waals surface area contributed by atoms with E-state index in [2.05, 4.69) is 10.8 Å². The van der Waals surface area contributed by atoms with Crippen LogP contribution in [-0.4, -0.2) is 31.0 Å². The molecule has 3 heteroatoms. The van der Waals surface area contributed by atoms with E-state index in [4.69, 9.17) is 11.2 Å². The highest BCUT2D eigenvalue weighted by Gasteiger charge is 2.20. The average molecular weight is 255 g/mol. The van der Waals surface area contributed by atoms with Gasteiger partial charge in [-0.2, -0.15) is 0 Å². The molecule has 0 aromatic heterocycles. The number of ether oxygens (including phenoxy) is 1. The number of hydrogen-bond donors (Lipinski definition) is 0. The Labute approximate surface area is 113 Å². The van der Waals surface area contributed by atoms with Gasteiger partial charge in [-0.3, -0.25) is 0 Å².